The van der Waals surface area contributed by atoms with Crippen LogP contribution in [-0.2, 0) is 9.53 Å². The van der Waals surface area contributed by atoms with Crippen LogP contribution < -0.4 is 5.73 Å². The number of carbonyl (C=O) groups is 1. The van der Waals surface area contributed by atoms with Crippen LogP contribution in [0.25, 0.3) is 0 Å². The summed E-state index contributed by atoms with van der Waals surface area (Å²) in [5.74, 6) is -0.225. The molecule has 0 aromatic heterocycles. The summed E-state index contributed by atoms with van der Waals surface area (Å²) in [7, 11) is 0. The standard InChI is InChI=1S/C9H13NO2/c1-2-12-9(11)8-4-3-7(5-8)6-10/h3,5H,2,4,6,10H2,1H3. The van der Waals surface area contributed by atoms with Crippen LogP contribution in [0.4, 0.5) is 0 Å². The van der Waals surface area contributed by atoms with Crippen molar-refractivity contribution in [1.82, 2.24) is 0 Å². The van der Waals surface area contributed by atoms with E-state index in [-0.39, 0.29) is 5.97 Å². The first-order valence-corrected chi connectivity index (χ1v) is 4.04. The maximum Gasteiger partial charge on any atom is 0.334 e. The minimum Gasteiger partial charge on any atom is -0.463 e. The molecule has 0 heterocycles. The van der Waals surface area contributed by atoms with Gasteiger partial charge in [-0.3, -0.25) is 0 Å². The van der Waals surface area contributed by atoms with Gasteiger partial charge in [0, 0.05) is 12.1 Å². The summed E-state index contributed by atoms with van der Waals surface area (Å²) >= 11 is 0. The highest BCUT2D eigenvalue weighted by atomic mass is 16.5. The lowest BCUT2D eigenvalue weighted by Gasteiger charge is -2.00. The van der Waals surface area contributed by atoms with Crippen molar-refractivity contribution < 1.29 is 9.53 Å². The normalized spacial score (nSPS) is 15.5. The lowest BCUT2D eigenvalue weighted by molar-refractivity contribution is -0.138. The molecule has 2 N–H and O–H groups in total. The number of ether oxygens (including phenoxy) is 1. The molecule has 0 aliphatic heterocycles. The highest BCUT2D eigenvalue weighted by molar-refractivity contribution is 5.90. The fourth-order valence-corrected chi connectivity index (χ4v) is 1.09. The summed E-state index contributed by atoms with van der Waals surface area (Å²) in [6.07, 6.45) is 4.41. The Hall–Kier alpha value is -1.09. The molecule has 0 bridgehead atoms. The third kappa shape index (κ3) is 1.95. The number of allylic oxidation sites excluding steroid dienone is 1. The zero-order valence-electron chi connectivity index (χ0n) is 7.17. The van der Waals surface area contributed by atoms with E-state index in [1.807, 2.05) is 6.08 Å². The molecule has 0 saturated carbocycles. The zero-order chi connectivity index (χ0) is 8.97. The van der Waals surface area contributed by atoms with Crippen molar-refractivity contribution >= 4 is 5.97 Å². The molecule has 0 fully saturated rings. The lowest BCUT2D eigenvalue weighted by atomic mass is 10.2. The Morgan fingerprint density at radius 1 is 1.75 bits per heavy atom. The van der Waals surface area contributed by atoms with Crippen molar-refractivity contribution in [2.45, 2.75) is 13.3 Å². The van der Waals surface area contributed by atoms with Gasteiger partial charge in [0.2, 0.25) is 0 Å². The van der Waals surface area contributed by atoms with E-state index in [2.05, 4.69) is 0 Å². The summed E-state index contributed by atoms with van der Waals surface area (Å²) in [5, 5.41) is 0. The van der Waals surface area contributed by atoms with Gasteiger partial charge in [0.25, 0.3) is 0 Å². The van der Waals surface area contributed by atoms with E-state index in [1.54, 1.807) is 13.0 Å². The van der Waals surface area contributed by atoms with Crippen molar-refractivity contribution in [3.05, 3.63) is 23.3 Å². The van der Waals surface area contributed by atoms with E-state index in [4.69, 9.17) is 10.5 Å². The molecule has 3 heteroatoms. The highest BCUT2D eigenvalue weighted by Crippen LogP contribution is 2.17. The second-order valence-electron chi connectivity index (χ2n) is 2.58. The number of nitrogens with two attached hydrogens (primary N) is 1. The molecule has 0 saturated heterocycles. The SMILES string of the molecule is CCOC(=O)C1=CC(CN)=CC1. The molecule has 0 aromatic rings. The van der Waals surface area contributed by atoms with E-state index < -0.39 is 0 Å². The summed E-state index contributed by atoms with van der Waals surface area (Å²) in [5.41, 5.74) is 7.12. The Morgan fingerprint density at radius 3 is 3.00 bits per heavy atom. The molecule has 1 aliphatic carbocycles. The van der Waals surface area contributed by atoms with Crippen LogP contribution in [0.2, 0.25) is 0 Å². The van der Waals surface area contributed by atoms with Gasteiger partial charge in [-0.15, -0.1) is 0 Å². The summed E-state index contributed by atoms with van der Waals surface area (Å²) < 4.78 is 4.84. The molecule has 0 aromatic carbocycles. The van der Waals surface area contributed by atoms with Crippen LogP contribution in [-0.4, -0.2) is 19.1 Å². The van der Waals surface area contributed by atoms with E-state index in [0.29, 0.717) is 25.1 Å². The molecule has 0 amide bonds. The topological polar surface area (TPSA) is 52.3 Å². The number of esters is 1. The summed E-state index contributed by atoms with van der Waals surface area (Å²) in [4.78, 5) is 11.1. The lowest BCUT2D eigenvalue weighted by Crippen LogP contribution is -2.06. The molecule has 1 aliphatic rings. The molecule has 3 nitrogen and oxygen atoms in total. The second kappa shape index (κ2) is 4.07. The molecule has 0 unspecified atom stereocenters. The van der Waals surface area contributed by atoms with Crippen LogP contribution in [0.1, 0.15) is 13.3 Å². The van der Waals surface area contributed by atoms with Crippen LogP contribution >= 0.6 is 0 Å². The maximum atomic E-state index is 11.1. The highest BCUT2D eigenvalue weighted by Gasteiger charge is 2.13. The van der Waals surface area contributed by atoms with Crippen molar-refractivity contribution in [1.29, 1.82) is 0 Å². The Morgan fingerprint density at radius 2 is 2.50 bits per heavy atom. The van der Waals surface area contributed by atoms with Gasteiger partial charge < -0.3 is 10.5 Å². The maximum absolute atomic E-state index is 11.1. The molecular formula is C9H13NO2. The van der Waals surface area contributed by atoms with Crippen molar-refractivity contribution in [2.75, 3.05) is 13.2 Å². The minimum absolute atomic E-state index is 0.225. The van der Waals surface area contributed by atoms with E-state index in [9.17, 15) is 4.79 Å². The quantitative estimate of drug-likeness (QED) is 0.631. The van der Waals surface area contributed by atoms with Crippen molar-refractivity contribution in [3.8, 4) is 0 Å². The third-order valence-electron chi connectivity index (χ3n) is 1.72. The van der Waals surface area contributed by atoms with E-state index in [0.717, 1.165) is 5.57 Å². The predicted octanol–water partition coefficient (Wildman–Crippen LogP) is 0.765. The van der Waals surface area contributed by atoms with Gasteiger partial charge in [-0.05, 0) is 25.0 Å². The molecular weight excluding hydrogens is 154 g/mol. The molecule has 0 atom stereocenters. The van der Waals surface area contributed by atoms with Crippen LogP contribution in [0.5, 0.6) is 0 Å². The van der Waals surface area contributed by atoms with E-state index in [1.165, 1.54) is 0 Å². The van der Waals surface area contributed by atoms with Gasteiger partial charge in [-0.1, -0.05) is 6.08 Å². The second-order valence-corrected chi connectivity index (χ2v) is 2.58. The molecule has 12 heavy (non-hydrogen) atoms. The first-order chi connectivity index (χ1) is 5.77. The zero-order valence-corrected chi connectivity index (χ0v) is 7.17. The fraction of sp³-hybridized carbons (Fsp3) is 0.444. The average molecular weight is 167 g/mol. The van der Waals surface area contributed by atoms with Gasteiger partial charge in [0.15, 0.2) is 0 Å². The Labute approximate surface area is 71.9 Å². The predicted molar refractivity (Wildman–Crippen MR) is 46.5 cm³/mol. The molecule has 0 spiro atoms. The summed E-state index contributed by atoms with van der Waals surface area (Å²) in [6, 6.07) is 0. The fourth-order valence-electron chi connectivity index (χ4n) is 1.09. The monoisotopic (exact) mass is 167 g/mol. The average Bonchev–Trinajstić information content (AvgIpc) is 2.52. The number of carbonyl (C=O) groups excluding carboxylic acids is 1. The first-order valence-electron chi connectivity index (χ1n) is 4.04. The number of hydrogen-bond acceptors (Lipinski definition) is 3. The van der Waals surface area contributed by atoms with Crippen LogP contribution in [0.3, 0.4) is 0 Å². The number of rotatable bonds is 3. The summed E-state index contributed by atoms with van der Waals surface area (Å²) in [6.45, 7) is 2.71. The molecule has 0 radical (unpaired) electrons. The van der Waals surface area contributed by atoms with Gasteiger partial charge in [0.05, 0.1) is 6.61 Å². The number of hydrogen-bond donors (Lipinski definition) is 1. The Bertz CT molecular complexity index is 241. The Kier molecular flexibility index (Phi) is 3.05. The van der Waals surface area contributed by atoms with Gasteiger partial charge >= 0.3 is 5.97 Å². The van der Waals surface area contributed by atoms with Crippen LogP contribution in [0.15, 0.2) is 23.3 Å². The molecule has 1 rings (SSSR count). The van der Waals surface area contributed by atoms with Gasteiger partial charge in [-0.25, -0.2) is 4.79 Å². The molecule has 66 valence electrons. The van der Waals surface area contributed by atoms with Crippen molar-refractivity contribution in [2.24, 2.45) is 5.73 Å². The third-order valence-corrected chi connectivity index (χ3v) is 1.72. The smallest absolute Gasteiger partial charge is 0.334 e. The first kappa shape index (κ1) is 9.00. The van der Waals surface area contributed by atoms with Gasteiger partial charge in [-0.2, -0.15) is 0 Å². The van der Waals surface area contributed by atoms with E-state index >= 15 is 0 Å². The van der Waals surface area contributed by atoms with Gasteiger partial charge in [0.1, 0.15) is 0 Å². The minimum atomic E-state index is -0.225. The Balaban J connectivity index is 2.52. The largest absolute Gasteiger partial charge is 0.463 e. The van der Waals surface area contributed by atoms with Crippen LogP contribution in [0, 0.1) is 0 Å². The van der Waals surface area contributed by atoms with Crippen molar-refractivity contribution in [3.63, 3.8) is 0 Å².